The average molecular weight is 123 g/mol. The summed E-state index contributed by atoms with van der Waals surface area (Å²) in [4.78, 5) is 0. The molecule has 0 atom stereocenters. The second-order valence-electron chi connectivity index (χ2n) is 1.97. The van der Waals surface area contributed by atoms with Gasteiger partial charge in [-0.1, -0.05) is 24.3 Å². The fraction of sp³-hybridized carbons (Fsp3) is 0.444. The van der Waals surface area contributed by atoms with E-state index in [1.54, 1.807) is 0 Å². The first-order chi connectivity index (χ1) is 4.41. The van der Waals surface area contributed by atoms with Crippen LogP contribution in [0.1, 0.15) is 26.2 Å². The number of unbranched alkanes of at least 4 members (excludes halogenated alkanes) is 2. The molecule has 0 amide bonds. The van der Waals surface area contributed by atoms with Gasteiger partial charge < -0.3 is 0 Å². The molecule has 0 aliphatic carbocycles. The maximum Gasteiger partial charge on any atom is -0.0316 e. The van der Waals surface area contributed by atoms with E-state index in [1.807, 2.05) is 6.08 Å². The highest BCUT2D eigenvalue weighted by molar-refractivity contribution is 4.85. The van der Waals surface area contributed by atoms with E-state index < -0.39 is 0 Å². The number of hydrogen-bond acceptors (Lipinski definition) is 0. The van der Waals surface area contributed by atoms with Gasteiger partial charge in [0.15, 0.2) is 0 Å². The molecular weight excluding hydrogens is 108 g/mol. The van der Waals surface area contributed by atoms with Gasteiger partial charge in [-0.2, -0.15) is 0 Å². The molecule has 51 valence electrons. The van der Waals surface area contributed by atoms with Crippen LogP contribution in [0.5, 0.6) is 0 Å². The second-order valence-corrected chi connectivity index (χ2v) is 1.97. The summed E-state index contributed by atoms with van der Waals surface area (Å²) in [5.41, 5.74) is 0. The van der Waals surface area contributed by atoms with Crippen molar-refractivity contribution in [2.24, 2.45) is 0 Å². The quantitative estimate of drug-likeness (QED) is 0.398. The van der Waals surface area contributed by atoms with Crippen molar-refractivity contribution in [3.63, 3.8) is 0 Å². The minimum absolute atomic E-state index is 1.16. The van der Waals surface area contributed by atoms with Crippen LogP contribution >= 0.6 is 0 Å². The van der Waals surface area contributed by atoms with Crippen LogP contribution in [-0.4, -0.2) is 0 Å². The van der Waals surface area contributed by atoms with Gasteiger partial charge in [0.05, 0.1) is 0 Å². The topological polar surface area (TPSA) is 0 Å². The summed E-state index contributed by atoms with van der Waals surface area (Å²) in [5.74, 6) is 0. The normalized spacial score (nSPS) is 11.8. The molecule has 0 aliphatic heterocycles. The van der Waals surface area contributed by atoms with Crippen molar-refractivity contribution < 1.29 is 0 Å². The van der Waals surface area contributed by atoms with Gasteiger partial charge >= 0.3 is 0 Å². The molecule has 0 bridgehead atoms. The fourth-order valence-corrected chi connectivity index (χ4v) is 0.638. The first-order valence-corrected chi connectivity index (χ1v) is 3.47. The van der Waals surface area contributed by atoms with E-state index in [0.717, 1.165) is 6.42 Å². The van der Waals surface area contributed by atoms with E-state index in [4.69, 9.17) is 0 Å². The Bertz CT molecular complexity index is 76.2. The molecular formula is C9H15. The third kappa shape index (κ3) is 7.48. The minimum Gasteiger partial charge on any atom is -0.0917 e. The first kappa shape index (κ1) is 8.48. The van der Waals surface area contributed by atoms with Crippen LogP contribution in [0.2, 0.25) is 0 Å². The van der Waals surface area contributed by atoms with Gasteiger partial charge in [0.2, 0.25) is 0 Å². The van der Waals surface area contributed by atoms with E-state index in [0.29, 0.717) is 0 Å². The van der Waals surface area contributed by atoms with Crippen molar-refractivity contribution in [1.82, 2.24) is 0 Å². The molecule has 0 saturated heterocycles. The molecule has 0 aromatic heterocycles. The molecule has 9 heavy (non-hydrogen) atoms. The third-order valence-electron chi connectivity index (χ3n) is 1.14. The standard InChI is InChI=1S/C9H15/c1-3-5-7-9-8-6-4-2/h3-6H,1,7-9H2,2H3/b5-3+,6-4+. The minimum atomic E-state index is 1.16. The monoisotopic (exact) mass is 123 g/mol. The van der Waals surface area contributed by atoms with Crippen LogP contribution in [0.25, 0.3) is 0 Å². The van der Waals surface area contributed by atoms with Gasteiger partial charge in [0.1, 0.15) is 0 Å². The summed E-state index contributed by atoms with van der Waals surface area (Å²) in [6, 6.07) is 0. The highest BCUT2D eigenvalue weighted by Crippen LogP contribution is 1.96. The third-order valence-corrected chi connectivity index (χ3v) is 1.14. The number of rotatable bonds is 4. The van der Waals surface area contributed by atoms with E-state index in [-0.39, 0.29) is 0 Å². The van der Waals surface area contributed by atoms with E-state index in [9.17, 15) is 0 Å². The molecule has 0 aromatic rings. The summed E-state index contributed by atoms with van der Waals surface area (Å²) in [6.07, 6.45) is 11.8. The molecule has 0 aromatic carbocycles. The predicted octanol–water partition coefficient (Wildman–Crippen LogP) is 3.12. The molecule has 0 saturated carbocycles. The van der Waals surface area contributed by atoms with Crippen LogP contribution in [0.4, 0.5) is 0 Å². The van der Waals surface area contributed by atoms with Gasteiger partial charge in [0.25, 0.3) is 0 Å². The summed E-state index contributed by atoms with van der Waals surface area (Å²) in [5, 5.41) is 0. The molecule has 0 heterocycles. The van der Waals surface area contributed by atoms with Gasteiger partial charge in [0, 0.05) is 0 Å². The largest absolute Gasteiger partial charge is 0.0917 e. The van der Waals surface area contributed by atoms with E-state index >= 15 is 0 Å². The van der Waals surface area contributed by atoms with Crippen molar-refractivity contribution in [3.05, 3.63) is 31.2 Å². The molecule has 0 rings (SSSR count). The van der Waals surface area contributed by atoms with E-state index in [1.165, 1.54) is 12.8 Å². The zero-order chi connectivity index (χ0) is 6.95. The lowest BCUT2D eigenvalue weighted by Crippen LogP contribution is -1.66. The number of allylic oxidation sites excluding steroid dienone is 4. The fourth-order valence-electron chi connectivity index (χ4n) is 0.638. The molecule has 0 fully saturated rings. The van der Waals surface area contributed by atoms with Crippen molar-refractivity contribution in [1.29, 1.82) is 0 Å². The Balaban J connectivity index is 2.91. The maximum atomic E-state index is 3.60. The van der Waals surface area contributed by atoms with Crippen molar-refractivity contribution in [2.45, 2.75) is 26.2 Å². The summed E-state index contributed by atoms with van der Waals surface area (Å²) < 4.78 is 0. The van der Waals surface area contributed by atoms with Gasteiger partial charge in [-0.05, 0) is 33.1 Å². The Labute approximate surface area is 58.3 Å². The number of hydrogen-bond donors (Lipinski definition) is 0. The van der Waals surface area contributed by atoms with Crippen molar-refractivity contribution in [3.8, 4) is 0 Å². The lowest BCUT2D eigenvalue weighted by molar-refractivity contribution is 0.867. The predicted molar refractivity (Wildman–Crippen MR) is 43.2 cm³/mol. The molecule has 0 unspecified atom stereocenters. The van der Waals surface area contributed by atoms with Gasteiger partial charge in [-0.15, -0.1) is 0 Å². The Morgan fingerprint density at radius 1 is 1.22 bits per heavy atom. The van der Waals surface area contributed by atoms with Crippen LogP contribution in [0.15, 0.2) is 24.3 Å². The second kappa shape index (κ2) is 7.48. The van der Waals surface area contributed by atoms with E-state index in [2.05, 4.69) is 32.1 Å². The molecule has 0 heteroatoms. The summed E-state index contributed by atoms with van der Waals surface area (Å²) in [6.45, 7) is 5.66. The van der Waals surface area contributed by atoms with Crippen LogP contribution in [0.3, 0.4) is 0 Å². The lowest BCUT2D eigenvalue weighted by atomic mass is 10.2. The highest BCUT2D eigenvalue weighted by Gasteiger charge is 1.76. The maximum absolute atomic E-state index is 3.60. The molecule has 0 aliphatic rings. The summed E-state index contributed by atoms with van der Waals surface area (Å²) in [7, 11) is 0. The average Bonchev–Trinajstić information content (AvgIpc) is 1.89. The Morgan fingerprint density at radius 2 is 1.89 bits per heavy atom. The van der Waals surface area contributed by atoms with Gasteiger partial charge in [-0.3, -0.25) is 0 Å². The van der Waals surface area contributed by atoms with Gasteiger partial charge in [-0.25, -0.2) is 0 Å². The molecule has 1 radical (unpaired) electrons. The Morgan fingerprint density at radius 3 is 2.44 bits per heavy atom. The molecule has 0 spiro atoms. The Kier molecular flexibility index (Phi) is 7.05. The smallest absolute Gasteiger partial charge is 0.0316 e. The zero-order valence-electron chi connectivity index (χ0n) is 6.14. The SMILES string of the molecule is [CH2]/C=C/CCC/C=C/C. The lowest BCUT2D eigenvalue weighted by Gasteiger charge is -1.86. The van der Waals surface area contributed by atoms with Crippen LogP contribution < -0.4 is 0 Å². The highest BCUT2D eigenvalue weighted by atomic mass is 13.8. The zero-order valence-corrected chi connectivity index (χ0v) is 6.14. The van der Waals surface area contributed by atoms with Crippen molar-refractivity contribution in [2.75, 3.05) is 0 Å². The van der Waals surface area contributed by atoms with Crippen molar-refractivity contribution >= 4 is 0 Å². The molecule has 0 nitrogen and oxygen atoms in total. The molecule has 0 N–H and O–H groups in total. The first-order valence-electron chi connectivity index (χ1n) is 3.47. The van der Waals surface area contributed by atoms with Crippen LogP contribution in [-0.2, 0) is 0 Å². The van der Waals surface area contributed by atoms with Crippen LogP contribution in [0, 0.1) is 6.92 Å². The Hall–Kier alpha value is -0.520. The summed E-state index contributed by atoms with van der Waals surface area (Å²) >= 11 is 0.